The fourth-order valence-electron chi connectivity index (χ4n) is 4.95. The van der Waals surface area contributed by atoms with Crippen LogP contribution in [0.25, 0.3) is 23.2 Å². The molecule has 2 N–H and O–H groups in total. The van der Waals surface area contributed by atoms with E-state index in [-0.39, 0.29) is 29.6 Å². The smallest absolute Gasteiger partial charge is 0.266 e. The summed E-state index contributed by atoms with van der Waals surface area (Å²) in [4.78, 5) is 29.4. The van der Waals surface area contributed by atoms with E-state index in [9.17, 15) is 4.79 Å². The summed E-state index contributed by atoms with van der Waals surface area (Å²) in [5.74, 6) is 0.596. The molecule has 10 nitrogen and oxygen atoms in total. The molecule has 5 aromatic rings. The minimum atomic E-state index is -0.904. The van der Waals surface area contributed by atoms with Crippen LogP contribution in [0.4, 0.5) is 0 Å². The van der Waals surface area contributed by atoms with Gasteiger partial charge in [0.2, 0.25) is 11.8 Å². The molecule has 1 amide bonds. The van der Waals surface area contributed by atoms with Crippen molar-refractivity contribution in [2.75, 3.05) is 6.54 Å². The Labute approximate surface area is 235 Å². The lowest BCUT2D eigenvalue weighted by Gasteiger charge is -2.23. The number of benzene rings is 1. The van der Waals surface area contributed by atoms with Crippen LogP contribution in [0.5, 0.6) is 0 Å². The van der Waals surface area contributed by atoms with Crippen LogP contribution < -0.4 is 5.73 Å². The maximum absolute atomic E-state index is 13.9. The van der Waals surface area contributed by atoms with E-state index in [2.05, 4.69) is 32.5 Å². The number of rotatable bonds is 8. The topological polar surface area (TPSA) is 137 Å². The Morgan fingerprint density at radius 3 is 2.67 bits per heavy atom. The molecule has 1 aliphatic heterocycles. The lowest BCUT2D eigenvalue weighted by molar-refractivity contribution is 0.0735. The van der Waals surface area contributed by atoms with Gasteiger partial charge in [0, 0.05) is 17.5 Å². The van der Waals surface area contributed by atoms with E-state index in [4.69, 9.17) is 19.6 Å². The Bertz CT molecular complexity index is 1610. The van der Waals surface area contributed by atoms with Gasteiger partial charge in [-0.25, -0.2) is 15.0 Å². The molecule has 204 valence electrons. The summed E-state index contributed by atoms with van der Waals surface area (Å²) < 4.78 is 11.6. The molecule has 0 bridgehead atoms. The van der Waals surface area contributed by atoms with Gasteiger partial charge in [-0.05, 0) is 50.3 Å². The molecule has 0 aliphatic carbocycles. The van der Waals surface area contributed by atoms with Crippen molar-refractivity contribution in [1.82, 2.24) is 30.0 Å². The second-order valence-electron chi connectivity index (χ2n) is 10.1. The Hall–Kier alpha value is -4.22. The van der Waals surface area contributed by atoms with Crippen molar-refractivity contribution in [2.24, 2.45) is 5.73 Å². The van der Waals surface area contributed by atoms with Crippen LogP contribution in [0.2, 0.25) is 0 Å². The molecule has 1 aliphatic rings. The zero-order valence-corrected chi connectivity index (χ0v) is 23.1. The van der Waals surface area contributed by atoms with Gasteiger partial charge in [0.05, 0.1) is 23.5 Å². The molecule has 0 spiro atoms. The third kappa shape index (κ3) is 5.17. The Morgan fingerprint density at radius 2 is 1.95 bits per heavy atom. The number of carbonyl (C=O) groups excluding carboxylic acids is 1. The van der Waals surface area contributed by atoms with Gasteiger partial charge >= 0.3 is 0 Å². The highest BCUT2D eigenvalue weighted by Crippen LogP contribution is 2.36. The van der Waals surface area contributed by atoms with Crippen LogP contribution in [0.1, 0.15) is 65.2 Å². The number of aromatic nitrogens is 5. The van der Waals surface area contributed by atoms with Crippen molar-refractivity contribution >= 4 is 17.2 Å². The molecule has 2 atom stereocenters. The number of likely N-dealkylation sites (tertiary alicyclic amines) is 1. The van der Waals surface area contributed by atoms with Crippen LogP contribution in [0, 0.1) is 0 Å². The first-order valence-electron chi connectivity index (χ1n) is 13.3. The summed E-state index contributed by atoms with van der Waals surface area (Å²) in [6.45, 7) is 4.57. The number of hydrogen-bond acceptors (Lipinski definition) is 10. The standard InChI is InChI=1S/C29H29N7O3S/c1-3-20-17-40-26(32-20)23-10-7-12-36(23)27(37)19-14-21(24-31-11-13-38-24)33-22(15-19)25-34-35-28(39-25)29(2,30)16-18-8-5-4-6-9-18/h4-6,8-9,11,13-15,17,23H,3,7,10,12,16,30H2,1-2H3. The third-order valence-corrected chi connectivity index (χ3v) is 8.00. The summed E-state index contributed by atoms with van der Waals surface area (Å²) in [5, 5.41) is 11.5. The summed E-state index contributed by atoms with van der Waals surface area (Å²) in [6.07, 6.45) is 6.15. The maximum Gasteiger partial charge on any atom is 0.266 e. The number of pyridine rings is 1. The van der Waals surface area contributed by atoms with Crippen LogP contribution >= 0.6 is 11.3 Å². The van der Waals surface area contributed by atoms with E-state index < -0.39 is 5.54 Å². The fraction of sp³-hybridized carbons (Fsp3) is 0.310. The normalized spacial score (nSPS) is 16.8. The number of hydrogen-bond donors (Lipinski definition) is 1. The van der Waals surface area contributed by atoms with Crippen molar-refractivity contribution in [2.45, 2.75) is 51.1 Å². The Balaban J connectivity index is 1.34. The van der Waals surface area contributed by atoms with Gasteiger partial charge in [0.1, 0.15) is 22.7 Å². The highest BCUT2D eigenvalue weighted by atomic mass is 32.1. The second kappa shape index (κ2) is 10.7. The first kappa shape index (κ1) is 26.0. The van der Waals surface area contributed by atoms with E-state index in [0.717, 1.165) is 35.5 Å². The number of oxazole rings is 1. The number of amides is 1. The molecule has 0 radical (unpaired) electrons. The second-order valence-corrected chi connectivity index (χ2v) is 11.0. The van der Waals surface area contributed by atoms with Gasteiger partial charge in [-0.1, -0.05) is 37.3 Å². The Kier molecular flexibility index (Phi) is 6.99. The molecule has 6 rings (SSSR count). The quantitative estimate of drug-likeness (QED) is 0.274. The molecule has 0 saturated carbocycles. The summed E-state index contributed by atoms with van der Waals surface area (Å²) in [5.41, 5.74) is 8.96. The van der Waals surface area contributed by atoms with Crippen molar-refractivity contribution in [3.8, 4) is 23.2 Å². The molecular formula is C29H29N7O3S. The Morgan fingerprint density at radius 1 is 1.15 bits per heavy atom. The SMILES string of the molecule is CCc1csc(C2CCCN2C(=O)c2cc(-c3ncco3)nc(-c3nnc(C(C)(N)Cc4ccccc4)o3)c2)n1. The lowest BCUT2D eigenvalue weighted by Crippen LogP contribution is -2.35. The van der Waals surface area contributed by atoms with E-state index in [0.29, 0.717) is 29.9 Å². The number of nitrogens with zero attached hydrogens (tertiary/aromatic N) is 6. The molecular weight excluding hydrogens is 526 g/mol. The number of nitrogens with two attached hydrogens (primary N) is 1. The third-order valence-electron chi connectivity index (χ3n) is 7.00. The van der Waals surface area contributed by atoms with Gasteiger partial charge in [-0.15, -0.1) is 21.5 Å². The largest absolute Gasteiger partial charge is 0.443 e. The first-order chi connectivity index (χ1) is 19.4. The summed E-state index contributed by atoms with van der Waals surface area (Å²) in [6, 6.07) is 13.2. The van der Waals surface area contributed by atoms with Gasteiger partial charge in [0.25, 0.3) is 11.8 Å². The minimum absolute atomic E-state index is 0.0643. The minimum Gasteiger partial charge on any atom is -0.443 e. The monoisotopic (exact) mass is 555 g/mol. The van der Waals surface area contributed by atoms with Crippen molar-refractivity contribution in [1.29, 1.82) is 0 Å². The molecule has 11 heteroatoms. The predicted molar refractivity (Wildman–Crippen MR) is 149 cm³/mol. The molecule has 2 unspecified atom stereocenters. The fourth-order valence-corrected chi connectivity index (χ4v) is 5.99. The highest BCUT2D eigenvalue weighted by molar-refractivity contribution is 7.09. The zero-order chi connectivity index (χ0) is 27.7. The predicted octanol–water partition coefficient (Wildman–Crippen LogP) is 5.20. The molecule has 1 saturated heterocycles. The zero-order valence-electron chi connectivity index (χ0n) is 22.3. The number of carbonyl (C=O) groups is 1. The van der Waals surface area contributed by atoms with Crippen LogP contribution in [0.15, 0.2) is 69.1 Å². The van der Waals surface area contributed by atoms with E-state index in [1.54, 1.807) is 23.5 Å². The first-order valence-corrected chi connectivity index (χ1v) is 14.1. The van der Waals surface area contributed by atoms with E-state index in [1.165, 1.54) is 12.5 Å². The van der Waals surface area contributed by atoms with Crippen molar-refractivity contribution < 1.29 is 13.6 Å². The number of aryl methyl sites for hydroxylation is 1. The van der Waals surface area contributed by atoms with Gasteiger partial charge in [-0.3, -0.25) is 4.79 Å². The van der Waals surface area contributed by atoms with Crippen LogP contribution in [0.3, 0.4) is 0 Å². The average molecular weight is 556 g/mol. The molecule has 5 heterocycles. The molecule has 1 aromatic carbocycles. The average Bonchev–Trinajstić information content (AvgIpc) is 3.79. The number of thiazole rings is 1. The van der Waals surface area contributed by atoms with Crippen molar-refractivity contribution in [3.63, 3.8) is 0 Å². The highest BCUT2D eigenvalue weighted by Gasteiger charge is 2.34. The van der Waals surface area contributed by atoms with Gasteiger partial charge in [0.15, 0.2) is 0 Å². The lowest BCUT2D eigenvalue weighted by atomic mass is 9.94. The van der Waals surface area contributed by atoms with E-state index >= 15 is 0 Å². The summed E-state index contributed by atoms with van der Waals surface area (Å²) in [7, 11) is 0. The van der Waals surface area contributed by atoms with Gasteiger partial charge < -0.3 is 19.5 Å². The van der Waals surface area contributed by atoms with E-state index in [1.807, 2.05) is 42.2 Å². The van der Waals surface area contributed by atoms with Crippen LogP contribution in [-0.4, -0.2) is 42.5 Å². The van der Waals surface area contributed by atoms with Crippen LogP contribution in [-0.2, 0) is 18.4 Å². The molecule has 4 aromatic heterocycles. The van der Waals surface area contributed by atoms with Crippen molar-refractivity contribution in [3.05, 3.63) is 88.0 Å². The van der Waals surface area contributed by atoms with Gasteiger partial charge in [-0.2, -0.15) is 0 Å². The molecule has 1 fully saturated rings. The summed E-state index contributed by atoms with van der Waals surface area (Å²) >= 11 is 1.61. The maximum atomic E-state index is 13.9. The molecule has 40 heavy (non-hydrogen) atoms.